The van der Waals surface area contributed by atoms with E-state index in [0.717, 1.165) is 22.5 Å². The van der Waals surface area contributed by atoms with Gasteiger partial charge < -0.3 is 10.3 Å². The molecule has 30 heavy (non-hydrogen) atoms. The van der Waals surface area contributed by atoms with E-state index >= 15 is 0 Å². The van der Waals surface area contributed by atoms with Crippen LogP contribution >= 0.6 is 0 Å². The van der Waals surface area contributed by atoms with Gasteiger partial charge in [0.05, 0.1) is 16.7 Å². The van der Waals surface area contributed by atoms with E-state index in [2.05, 4.69) is 108 Å². The zero-order chi connectivity index (χ0) is 20.1. The van der Waals surface area contributed by atoms with Crippen LogP contribution in [0.5, 0.6) is 0 Å². The van der Waals surface area contributed by atoms with Crippen molar-refractivity contribution >= 4 is 38.3 Å². The number of fused-ring (bicyclic) bond motifs is 4. The molecular weight excluding hydrogens is 364 g/mol. The van der Waals surface area contributed by atoms with Crippen molar-refractivity contribution in [3.8, 4) is 16.8 Å². The second-order valence-electron chi connectivity index (χ2n) is 7.71. The van der Waals surface area contributed by atoms with Crippen molar-refractivity contribution in [3.63, 3.8) is 0 Å². The van der Waals surface area contributed by atoms with Crippen LogP contribution in [0.4, 0.5) is 5.69 Å². The highest BCUT2D eigenvalue weighted by Gasteiger charge is 2.16. The second-order valence-corrected chi connectivity index (χ2v) is 7.71. The standard InChI is InChI=1S/C28H20N2/c29-26-18-22(19-8-2-1-3-9-19)17-25-24-12-6-7-13-27(24)30(28(25)26)23-15-14-20-10-4-5-11-21(20)16-23/h1-18H,29H2. The normalized spacial score (nSPS) is 11.5. The van der Waals surface area contributed by atoms with Crippen LogP contribution < -0.4 is 5.73 Å². The fourth-order valence-electron chi connectivity index (χ4n) is 4.51. The summed E-state index contributed by atoms with van der Waals surface area (Å²) in [4.78, 5) is 0. The second kappa shape index (κ2) is 6.50. The van der Waals surface area contributed by atoms with Crippen LogP contribution in [0, 0.1) is 0 Å². The van der Waals surface area contributed by atoms with Crippen molar-refractivity contribution in [2.75, 3.05) is 5.73 Å². The molecule has 0 saturated heterocycles. The van der Waals surface area contributed by atoms with E-state index in [1.165, 1.54) is 32.6 Å². The average molecular weight is 384 g/mol. The smallest absolute Gasteiger partial charge is 0.0771 e. The third kappa shape index (κ3) is 2.51. The lowest BCUT2D eigenvalue weighted by molar-refractivity contribution is 1.19. The third-order valence-electron chi connectivity index (χ3n) is 5.90. The number of rotatable bonds is 2. The third-order valence-corrected chi connectivity index (χ3v) is 5.90. The molecule has 0 amide bonds. The van der Waals surface area contributed by atoms with E-state index in [4.69, 9.17) is 5.73 Å². The Morgan fingerprint density at radius 3 is 2.13 bits per heavy atom. The number of para-hydroxylation sites is 1. The molecule has 1 heterocycles. The van der Waals surface area contributed by atoms with Gasteiger partial charge in [-0.1, -0.05) is 78.9 Å². The Morgan fingerprint density at radius 1 is 0.533 bits per heavy atom. The Balaban J connectivity index is 1.71. The molecule has 2 N–H and O–H groups in total. The summed E-state index contributed by atoms with van der Waals surface area (Å²) in [6.07, 6.45) is 0. The predicted molar refractivity (Wildman–Crippen MR) is 128 cm³/mol. The summed E-state index contributed by atoms with van der Waals surface area (Å²) in [7, 11) is 0. The lowest BCUT2D eigenvalue weighted by Crippen LogP contribution is -1.97. The summed E-state index contributed by atoms with van der Waals surface area (Å²) >= 11 is 0. The molecule has 0 spiro atoms. The summed E-state index contributed by atoms with van der Waals surface area (Å²) in [6, 6.07) is 38.4. The molecule has 6 aromatic rings. The number of nitrogens with two attached hydrogens (primary N) is 1. The summed E-state index contributed by atoms with van der Waals surface area (Å²) < 4.78 is 2.29. The van der Waals surface area contributed by atoms with Crippen molar-refractivity contribution in [1.82, 2.24) is 4.57 Å². The molecule has 2 nitrogen and oxygen atoms in total. The van der Waals surface area contributed by atoms with Crippen molar-refractivity contribution < 1.29 is 0 Å². The Hall–Kier alpha value is -4.04. The fourth-order valence-corrected chi connectivity index (χ4v) is 4.51. The lowest BCUT2D eigenvalue weighted by Gasteiger charge is -2.12. The lowest BCUT2D eigenvalue weighted by atomic mass is 10.0. The van der Waals surface area contributed by atoms with Gasteiger partial charge in [-0.2, -0.15) is 0 Å². The number of hydrogen-bond acceptors (Lipinski definition) is 1. The van der Waals surface area contributed by atoms with Crippen LogP contribution in [0.15, 0.2) is 109 Å². The molecule has 6 rings (SSSR count). The van der Waals surface area contributed by atoms with Crippen LogP contribution in [-0.2, 0) is 0 Å². The van der Waals surface area contributed by atoms with Crippen LogP contribution in [0.3, 0.4) is 0 Å². The Labute approximate surface area is 174 Å². The van der Waals surface area contributed by atoms with E-state index in [1.807, 2.05) is 6.07 Å². The first-order chi connectivity index (χ1) is 14.8. The first-order valence-corrected chi connectivity index (χ1v) is 10.2. The minimum absolute atomic E-state index is 0.788. The van der Waals surface area contributed by atoms with Gasteiger partial charge in [0.25, 0.3) is 0 Å². The highest BCUT2D eigenvalue weighted by atomic mass is 15.0. The van der Waals surface area contributed by atoms with Gasteiger partial charge in [0.1, 0.15) is 0 Å². The van der Waals surface area contributed by atoms with Gasteiger partial charge in [0.15, 0.2) is 0 Å². The Bertz CT molecular complexity index is 1540. The van der Waals surface area contributed by atoms with Crippen molar-refractivity contribution in [2.24, 2.45) is 0 Å². The fraction of sp³-hybridized carbons (Fsp3) is 0. The van der Waals surface area contributed by atoms with Crippen LogP contribution in [-0.4, -0.2) is 4.57 Å². The van der Waals surface area contributed by atoms with Crippen LogP contribution in [0.2, 0.25) is 0 Å². The van der Waals surface area contributed by atoms with E-state index < -0.39 is 0 Å². The molecule has 1 aromatic heterocycles. The van der Waals surface area contributed by atoms with Crippen molar-refractivity contribution in [3.05, 3.63) is 109 Å². The maximum Gasteiger partial charge on any atom is 0.0771 e. The Kier molecular flexibility index (Phi) is 3.65. The van der Waals surface area contributed by atoms with Crippen molar-refractivity contribution in [1.29, 1.82) is 0 Å². The van der Waals surface area contributed by atoms with Gasteiger partial charge >= 0.3 is 0 Å². The minimum Gasteiger partial charge on any atom is -0.397 e. The zero-order valence-corrected chi connectivity index (χ0v) is 16.4. The maximum atomic E-state index is 6.69. The number of aromatic nitrogens is 1. The molecular formula is C28H20N2. The van der Waals surface area contributed by atoms with Gasteiger partial charge in [0.2, 0.25) is 0 Å². The molecule has 0 radical (unpaired) electrons. The zero-order valence-electron chi connectivity index (χ0n) is 16.4. The predicted octanol–water partition coefficient (Wildman–Crippen LogP) is 7.19. The molecule has 0 fully saturated rings. The number of hydrogen-bond donors (Lipinski definition) is 1. The molecule has 5 aromatic carbocycles. The number of nitrogens with zero attached hydrogens (tertiary/aromatic N) is 1. The van der Waals surface area contributed by atoms with E-state index in [0.29, 0.717) is 0 Å². The highest BCUT2D eigenvalue weighted by Crippen LogP contribution is 2.38. The molecule has 0 aliphatic rings. The molecule has 0 aliphatic carbocycles. The quantitative estimate of drug-likeness (QED) is 0.315. The summed E-state index contributed by atoms with van der Waals surface area (Å²) in [6.45, 7) is 0. The Morgan fingerprint density at radius 2 is 1.27 bits per heavy atom. The molecule has 0 unspecified atom stereocenters. The molecule has 0 saturated carbocycles. The molecule has 0 aliphatic heterocycles. The minimum atomic E-state index is 0.788. The average Bonchev–Trinajstić information content (AvgIpc) is 3.14. The van der Waals surface area contributed by atoms with Crippen molar-refractivity contribution in [2.45, 2.75) is 0 Å². The molecule has 2 heteroatoms. The van der Waals surface area contributed by atoms with Crippen LogP contribution in [0.25, 0.3) is 49.4 Å². The largest absolute Gasteiger partial charge is 0.397 e. The van der Waals surface area contributed by atoms with E-state index in [1.54, 1.807) is 0 Å². The topological polar surface area (TPSA) is 30.9 Å². The van der Waals surface area contributed by atoms with Gasteiger partial charge in [-0.05, 0) is 52.2 Å². The number of anilines is 1. The summed E-state index contributed by atoms with van der Waals surface area (Å²) in [5, 5.41) is 4.85. The first-order valence-electron chi connectivity index (χ1n) is 10.2. The van der Waals surface area contributed by atoms with Gasteiger partial charge in [0, 0.05) is 16.5 Å². The molecule has 0 bridgehead atoms. The number of benzene rings is 5. The highest BCUT2D eigenvalue weighted by molar-refractivity contribution is 6.14. The molecule has 0 atom stereocenters. The van der Waals surface area contributed by atoms with Crippen LogP contribution in [0.1, 0.15) is 0 Å². The maximum absolute atomic E-state index is 6.69. The monoisotopic (exact) mass is 384 g/mol. The molecule has 142 valence electrons. The van der Waals surface area contributed by atoms with Gasteiger partial charge in [-0.25, -0.2) is 0 Å². The van der Waals surface area contributed by atoms with Gasteiger partial charge in [-0.3, -0.25) is 0 Å². The SMILES string of the molecule is Nc1cc(-c2ccccc2)cc2c3ccccc3n(-c3ccc4ccccc4c3)c12. The van der Waals surface area contributed by atoms with E-state index in [9.17, 15) is 0 Å². The first kappa shape index (κ1) is 16.9. The summed E-state index contributed by atoms with van der Waals surface area (Å²) in [5.74, 6) is 0. The van der Waals surface area contributed by atoms with E-state index in [-0.39, 0.29) is 0 Å². The number of nitrogen functional groups attached to an aromatic ring is 1. The summed E-state index contributed by atoms with van der Waals surface area (Å²) in [5.41, 5.74) is 13.1. The van der Waals surface area contributed by atoms with Gasteiger partial charge in [-0.15, -0.1) is 0 Å².